The monoisotopic (exact) mass is 376 g/mol. The quantitative estimate of drug-likeness (QED) is 0.864. The maximum absolute atomic E-state index is 12.6. The highest BCUT2D eigenvalue weighted by Gasteiger charge is 2.40. The summed E-state index contributed by atoms with van der Waals surface area (Å²) < 4.78 is 5.33. The smallest absolute Gasteiger partial charge is 0.251 e. The van der Waals surface area contributed by atoms with Gasteiger partial charge in [0.1, 0.15) is 6.26 Å². The number of hydrogen-bond acceptors (Lipinski definition) is 4. The highest BCUT2D eigenvalue weighted by molar-refractivity contribution is 7.99. The first-order valence-electron chi connectivity index (χ1n) is 8.67. The van der Waals surface area contributed by atoms with Crippen molar-refractivity contribution in [3.63, 3.8) is 0 Å². The average Bonchev–Trinajstić information content (AvgIpc) is 3.04. The number of benzene rings is 1. The van der Waals surface area contributed by atoms with Crippen LogP contribution in [0.5, 0.6) is 0 Å². The number of nitrogens with zero attached hydrogens (tertiary/aromatic N) is 1. The van der Waals surface area contributed by atoms with Crippen molar-refractivity contribution in [2.24, 2.45) is 5.92 Å². The van der Waals surface area contributed by atoms with Gasteiger partial charge in [-0.25, -0.2) is 0 Å². The van der Waals surface area contributed by atoms with Gasteiger partial charge in [-0.2, -0.15) is 0 Å². The molecule has 4 heterocycles. The maximum Gasteiger partial charge on any atom is 0.251 e. The summed E-state index contributed by atoms with van der Waals surface area (Å²) in [6.07, 6.45) is 3.90. The molecule has 6 heteroatoms. The van der Waals surface area contributed by atoms with Crippen molar-refractivity contribution in [2.45, 2.75) is 41.8 Å². The standard InChI is InChI=1S/C19H21ClN2O2S/c1-12-18(13-6-8-22(12)9-7-13)21-19(23)14-2-4-16(5-3-14)25-17-10-15(20)11-24-17/h2-5,10-13,18H,6-9H2,1H3,(H,21,23). The minimum Gasteiger partial charge on any atom is -0.456 e. The number of nitrogens with one attached hydrogen (secondary N) is 1. The number of hydrogen-bond donors (Lipinski definition) is 1. The summed E-state index contributed by atoms with van der Waals surface area (Å²) in [5, 5.41) is 4.59. The van der Waals surface area contributed by atoms with E-state index in [0.29, 0.717) is 22.5 Å². The zero-order valence-electron chi connectivity index (χ0n) is 14.1. The molecule has 1 aromatic heterocycles. The van der Waals surface area contributed by atoms with Crippen LogP contribution in [0.1, 0.15) is 30.1 Å². The number of fused-ring (bicyclic) bond motifs is 3. The zero-order valence-corrected chi connectivity index (χ0v) is 15.6. The molecule has 3 aliphatic heterocycles. The molecule has 3 saturated heterocycles. The van der Waals surface area contributed by atoms with Gasteiger partial charge in [-0.05, 0) is 63.0 Å². The zero-order chi connectivity index (χ0) is 17.4. The fourth-order valence-electron chi connectivity index (χ4n) is 3.92. The number of furan rings is 1. The number of carbonyl (C=O) groups excluding carboxylic acids is 1. The van der Waals surface area contributed by atoms with E-state index in [1.165, 1.54) is 44.0 Å². The van der Waals surface area contributed by atoms with E-state index in [0.717, 1.165) is 9.99 Å². The van der Waals surface area contributed by atoms with Crippen molar-refractivity contribution >= 4 is 29.3 Å². The van der Waals surface area contributed by atoms with Gasteiger partial charge in [0.2, 0.25) is 0 Å². The van der Waals surface area contributed by atoms with Gasteiger partial charge >= 0.3 is 0 Å². The Balaban J connectivity index is 1.40. The Bertz CT molecular complexity index is 751. The van der Waals surface area contributed by atoms with E-state index < -0.39 is 0 Å². The first-order valence-corrected chi connectivity index (χ1v) is 9.86. The van der Waals surface area contributed by atoms with Gasteiger partial charge in [0.25, 0.3) is 5.91 Å². The van der Waals surface area contributed by atoms with E-state index in [1.54, 1.807) is 6.07 Å². The van der Waals surface area contributed by atoms with Crippen LogP contribution in [-0.2, 0) is 0 Å². The SMILES string of the molecule is CC1C(NC(=O)c2ccc(Sc3cc(Cl)co3)cc2)C2CCN1CC2. The lowest BCUT2D eigenvalue weighted by Crippen LogP contribution is -2.62. The molecule has 2 aromatic rings. The number of piperidine rings is 3. The van der Waals surface area contributed by atoms with Crippen LogP contribution in [0.4, 0.5) is 0 Å². The highest BCUT2D eigenvalue weighted by atomic mass is 35.5. The maximum atomic E-state index is 12.6. The van der Waals surface area contributed by atoms with Crippen molar-refractivity contribution in [3.8, 4) is 0 Å². The molecule has 1 amide bonds. The molecule has 0 spiro atoms. The second kappa shape index (κ2) is 7.06. The summed E-state index contributed by atoms with van der Waals surface area (Å²) in [6, 6.07) is 10.1. The molecular weight excluding hydrogens is 356 g/mol. The lowest BCUT2D eigenvalue weighted by Gasteiger charge is -2.49. The predicted octanol–water partition coefficient (Wildman–Crippen LogP) is 4.30. The molecule has 0 saturated carbocycles. The summed E-state index contributed by atoms with van der Waals surface area (Å²) in [5.41, 5.74) is 0.700. The van der Waals surface area contributed by atoms with E-state index in [-0.39, 0.29) is 11.9 Å². The molecule has 132 valence electrons. The van der Waals surface area contributed by atoms with Gasteiger partial charge in [0, 0.05) is 28.6 Å². The molecule has 1 N–H and O–H groups in total. The normalized spacial score (nSPS) is 28.1. The largest absolute Gasteiger partial charge is 0.456 e. The Morgan fingerprint density at radius 3 is 2.60 bits per heavy atom. The number of carbonyl (C=O) groups is 1. The van der Waals surface area contributed by atoms with Gasteiger partial charge in [0.05, 0.1) is 5.02 Å². The van der Waals surface area contributed by atoms with Crippen LogP contribution in [-0.4, -0.2) is 36.0 Å². The van der Waals surface area contributed by atoms with E-state index in [9.17, 15) is 4.79 Å². The van der Waals surface area contributed by atoms with Crippen molar-refractivity contribution < 1.29 is 9.21 Å². The molecule has 5 rings (SSSR count). The summed E-state index contributed by atoms with van der Waals surface area (Å²) in [5.74, 6) is 0.630. The van der Waals surface area contributed by atoms with Gasteiger partial charge in [-0.3, -0.25) is 9.69 Å². The summed E-state index contributed by atoms with van der Waals surface area (Å²) in [4.78, 5) is 16.1. The molecular formula is C19H21ClN2O2S. The van der Waals surface area contributed by atoms with Crippen LogP contribution in [0.2, 0.25) is 5.02 Å². The highest BCUT2D eigenvalue weighted by Crippen LogP contribution is 2.33. The number of halogens is 1. The Labute approximate surface area is 156 Å². The molecule has 0 aliphatic carbocycles. The van der Waals surface area contributed by atoms with Crippen molar-refractivity contribution in [3.05, 3.63) is 47.2 Å². The second-order valence-corrected chi connectivity index (χ2v) is 8.34. The van der Waals surface area contributed by atoms with Crippen LogP contribution < -0.4 is 5.32 Å². The van der Waals surface area contributed by atoms with Crippen LogP contribution in [0.15, 0.2) is 51.0 Å². The minimum absolute atomic E-state index is 0.0168. The van der Waals surface area contributed by atoms with Crippen LogP contribution in [0.3, 0.4) is 0 Å². The molecule has 2 unspecified atom stereocenters. The van der Waals surface area contributed by atoms with E-state index in [2.05, 4.69) is 17.1 Å². The Morgan fingerprint density at radius 2 is 2.00 bits per heavy atom. The van der Waals surface area contributed by atoms with Gasteiger partial charge in [-0.15, -0.1) is 0 Å². The Hall–Kier alpha value is -1.43. The van der Waals surface area contributed by atoms with E-state index >= 15 is 0 Å². The fraction of sp³-hybridized carbons (Fsp3) is 0.421. The molecule has 3 aliphatic rings. The molecule has 0 radical (unpaired) electrons. The number of rotatable bonds is 4. The molecule has 1 aromatic carbocycles. The lowest BCUT2D eigenvalue weighted by molar-refractivity contribution is 0.0217. The molecule has 2 bridgehead atoms. The van der Waals surface area contributed by atoms with E-state index in [4.69, 9.17) is 16.0 Å². The van der Waals surface area contributed by atoms with Gasteiger partial charge in [-0.1, -0.05) is 23.4 Å². The Kier molecular flexibility index (Phi) is 4.80. The summed E-state index contributed by atoms with van der Waals surface area (Å²) in [6.45, 7) is 4.56. The number of amides is 1. The van der Waals surface area contributed by atoms with Crippen LogP contribution in [0.25, 0.3) is 0 Å². The van der Waals surface area contributed by atoms with Crippen LogP contribution >= 0.6 is 23.4 Å². The third-order valence-corrected chi connectivity index (χ3v) is 6.48. The second-order valence-electron chi connectivity index (χ2n) is 6.82. The lowest BCUT2D eigenvalue weighted by atomic mass is 9.79. The van der Waals surface area contributed by atoms with Crippen molar-refractivity contribution in [1.29, 1.82) is 0 Å². The average molecular weight is 377 g/mol. The third kappa shape index (κ3) is 3.59. The third-order valence-electron chi connectivity index (χ3n) is 5.35. The minimum atomic E-state index is 0.0168. The molecule has 3 fully saturated rings. The van der Waals surface area contributed by atoms with E-state index in [1.807, 2.05) is 24.3 Å². The molecule has 2 atom stereocenters. The van der Waals surface area contributed by atoms with Crippen molar-refractivity contribution in [2.75, 3.05) is 13.1 Å². The Morgan fingerprint density at radius 1 is 1.28 bits per heavy atom. The summed E-state index contributed by atoms with van der Waals surface area (Å²) >= 11 is 7.35. The van der Waals surface area contributed by atoms with Gasteiger partial charge in [0.15, 0.2) is 5.09 Å². The predicted molar refractivity (Wildman–Crippen MR) is 99.3 cm³/mol. The first kappa shape index (κ1) is 17.0. The first-order chi connectivity index (χ1) is 12.1. The fourth-order valence-corrected chi connectivity index (χ4v) is 4.91. The van der Waals surface area contributed by atoms with Gasteiger partial charge < -0.3 is 9.73 Å². The van der Waals surface area contributed by atoms with Crippen molar-refractivity contribution in [1.82, 2.24) is 10.2 Å². The molecule has 25 heavy (non-hydrogen) atoms. The topological polar surface area (TPSA) is 45.5 Å². The van der Waals surface area contributed by atoms with Crippen LogP contribution in [0, 0.1) is 5.92 Å². The molecule has 4 nitrogen and oxygen atoms in total. The summed E-state index contributed by atoms with van der Waals surface area (Å²) in [7, 11) is 0.